The fraction of sp³-hybridized carbons (Fsp3) is 0.500. The van der Waals surface area contributed by atoms with Crippen LogP contribution in [0.25, 0.3) is 0 Å². The van der Waals surface area contributed by atoms with Crippen LogP contribution >= 0.6 is 0 Å². The van der Waals surface area contributed by atoms with Gasteiger partial charge in [-0.25, -0.2) is 8.42 Å². The number of aryl methyl sites for hydroxylation is 1. The zero-order valence-electron chi connectivity index (χ0n) is 11.6. The van der Waals surface area contributed by atoms with E-state index >= 15 is 0 Å². The second kappa shape index (κ2) is 5.37. The molecule has 0 saturated carbocycles. The van der Waals surface area contributed by atoms with E-state index in [1.807, 2.05) is 0 Å². The smallest absolute Gasteiger partial charge is 0.246 e. The molecule has 1 aliphatic rings. The number of carbonyl (C=O) groups excluding carboxylic acids is 1. The summed E-state index contributed by atoms with van der Waals surface area (Å²) in [5.74, 6) is -0.181. The second-order valence-corrected chi connectivity index (χ2v) is 6.75. The number of likely N-dealkylation sites (N-methyl/N-ethyl adjacent to an activating group) is 1. The molecule has 2 rings (SSSR count). The Bertz CT molecular complexity index is 622. The fourth-order valence-electron chi connectivity index (χ4n) is 2.26. The van der Waals surface area contributed by atoms with Crippen molar-refractivity contribution in [1.82, 2.24) is 19.0 Å². The number of sulfonamides is 1. The van der Waals surface area contributed by atoms with E-state index in [0.717, 1.165) is 4.31 Å². The van der Waals surface area contributed by atoms with Crippen molar-refractivity contribution in [2.24, 2.45) is 7.05 Å². The molecule has 7 nitrogen and oxygen atoms in total. The Morgan fingerprint density at radius 1 is 1.60 bits per heavy atom. The maximum atomic E-state index is 12.4. The predicted octanol–water partition coefficient (Wildman–Crippen LogP) is -0.173. The van der Waals surface area contributed by atoms with Crippen LogP contribution in [0.3, 0.4) is 0 Å². The van der Waals surface area contributed by atoms with E-state index in [0.29, 0.717) is 19.5 Å². The minimum absolute atomic E-state index is 0.0949. The van der Waals surface area contributed by atoms with E-state index in [1.165, 1.54) is 24.1 Å². The van der Waals surface area contributed by atoms with Crippen molar-refractivity contribution in [2.45, 2.75) is 17.4 Å². The summed E-state index contributed by atoms with van der Waals surface area (Å²) < 4.78 is 27.4. The van der Waals surface area contributed by atoms with Crippen LogP contribution in [0.1, 0.15) is 6.42 Å². The number of likely N-dealkylation sites (tertiary alicyclic amines) is 1. The Balaban J connectivity index is 2.21. The Morgan fingerprint density at radius 2 is 2.30 bits per heavy atom. The number of carbonyl (C=O) groups is 1. The van der Waals surface area contributed by atoms with Gasteiger partial charge in [-0.05, 0) is 6.42 Å². The summed E-state index contributed by atoms with van der Waals surface area (Å²) in [4.78, 5) is 13.9. The zero-order valence-corrected chi connectivity index (χ0v) is 12.4. The molecule has 8 heteroatoms. The average Bonchev–Trinajstić information content (AvgIpc) is 2.97. The van der Waals surface area contributed by atoms with E-state index in [9.17, 15) is 13.2 Å². The fourth-order valence-corrected chi connectivity index (χ4v) is 3.59. The van der Waals surface area contributed by atoms with Crippen LogP contribution in [-0.2, 0) is 21.9 Å². The first-order chi connectivity index (χ1) is 9.37. The van der Waals surface area contributed by atoms with Crippen LogP contribution < -0.4 is 0 Å². The average molecular weight is 298 g/mol. The Kier molecular flexibility index (Phi) is 3.96. The number of hydrogen-bond donors (Lipinski definition) is 0. The lowest BCUT2D eigenvalue weighted by Crippen LogP contribution is -2.42. The first-order valence-electron chi connectivity index (χ1n) is 6.24. The lowest BCUT2D eigenvalue weighted by Gasteiger charge is -2.22. The van der Waals surface area contributed by atoms with Gasteiger partial charge in [0.15, 0.2) is 0 Å². The highest BCUT2D eigenvalue weighted by Gasteiger charge is 2.39. The molecule has 110 valence electrons. The minimum Gasteiger partial charge on any atom is -0.338 e. The molecule has 1 unspecified atom stereocenters. The Morgan fingerprint density at radius 3 is 2.85 bits per heavy atom. The summed E-state index contributed by atoms with van der Waals surface area (Å²) in [6.07, 6.45) is 4.83. The number of amides is 1. The van der Waals surface area contributed by atoms with Gasteiger partial charge in [0, 0.05) is 33.4 Å². The minimum atomic E-state index is -3.70. The number of aromatic nitrogens is 2. The van der Waals surface area contributed by atoms with Crippen LogP contribution in [0, 0.1) is 0 Å². The van der Waals surface area contributed by atoms with Crippen molar-refractivity contribution in [3.63, 3.8) is 0 Å². The van der Waals surface area contributed by atoms with Crippen molar-refractivity contribution in [3.05, 3.63) is 25.0 Å². The van der Waals surface area contributed by atoms with E-state index < -0.39 is 16.1 Å². The molecule has 1 fully saturated rings. The number of hydrogen-bond acceptors (Lipinski definition) is 4. The van der Waals surface area contributed by atoms with Gasteiger partial charge < -0.3 is 4.90 Å². The highest BCUT2D eigenvalue weighted by Crippen LogP contribution is 2.22. The third-order valence-corrected chi connectivity index (χ3v) is 5.24. The lowest BCUT2D eigenvalue weighted by atomic mass is 10.2. The van der Waals surface area contributed by atoms with Gasteiger partial charge in [0.25, 0.3) is 0 Å². The van der Waals surface area contributed by atoms with Crippen molar-refractivity contribution in [1.29, 1.82) is 0 Å². The van der Waals surface area contributed by atoms with Gasteiger partial charge in [-0.15, -0.1) is 6.58 Å². The molecule has 2 heterocycles. The van der Waals surface area contributed by atoms with Crippen LogP contribution in [0.5, 0.6) is 0 Å². The van der Waals surface area contributed by atoms with Crippen molar-refractivity contribution in [3.8, 4) is 0 Å². The van der Waals surface area contributed by atoms with Gasteiger partial charge >= 0.3 is 0 Å². The second-order valence-electron chi connectivity index (χ2n) is 4.75. The molecule has 0 bridgehead atoms. The largest absolute Gasteiger partial charge is 0.338 e. The van der Waals surface area contributed by atoms with Gasteiger partial charge in [-0.3, -0.25) is 9.48 Å². The summed E-state index contributed by atoms with van der Waals surface area (Å²) in [5.41, 5.74) is 0. The van der Waals surface area contributed by atoms with Gasteiger partial charge in [-0.1, -0.05) is 6.08 Å². The van der Waals surface area contributed by atoms with E-state index in [2.05, 4.69) is 11.7 Å². The van der Waals surface area contributed by atoms with Gasteiger partial charge in [0.1, 0.15) is 10.9 Å². The van der Waals surface area contributed by atoms with Crippen LogP contribution in [-0.4, -0.2) is 59.5 Å². The molecule has 0 aromatic carbocycles. The third-order valence-electron chi connectivity index (χ3n) is 3.42. The van der Waals surface area contributed by atoms with E-state index in [4.69, 9.17) is 0 Å². The van der Waals surface area contributed by atoms with Gasteiger partial charge in [0.2, 0.25) is 15.9 Å². The number of nitrogens with zero attached hydrogens (tertiary/aromatic N) is 4. The maximum absolute atomic E-state index is 12.4. The molecule has 0 radical (unpaired) electrons. The molecule has 1 aliphatic heterocycles. The monoisotopic (exact) mass is 298 g/mol. The normalized spacial score (nSPS) is 19.9. The summed E-state index contributed by atoms with van der Waals surface area (Å²) in [7, 11) is -0.619. The highest BCUT2D eigenvalue weighted by atomic mass is 32.2. The summed E-state index contributed by atoms with van der Waals surface area (Å²) in [5, 5.41) is 3.86. The summed E-state index contributed by atoms with van der Waals surface area (Å²) in [6.45, 7) is 4.58. The molecule has 0 N–H and O–H groups in total. The molecule has 1 atom stereocenters. The molecule has 0 spiro atoms. The molecule has 1 saturated heterocycles. The molecular weight excluding hydrogens is 280 g/mol. The summed E-state index contributed by atoms with van der Waals surface area (Å²) in [6, 6.07) is -0.653. The van der Waals surface area contributed by atoms with E-state index in [1.54, 1.807) is 18.0 Å². The third kappa shape index (κ3) is 2.48. The van der Waals surface area contributed by atoms with Gasteiger partial charge in [-0.2, -0.15) is 9.40 Å². The van der Waals surface area contributed by atoms with Gasteiger partial charge in [0.05, 0.1) is 6.20 Å². The maximum Gasteiger partial charge on any atom is 0.246 e. The molecule has 1 aromatic heterocycles. The van der Waals surface area contributed by atoms with Crippen LogP contribution in [0.2, 0.25) is 0 Å². The predicted molar refractivity (Wildman–Crippen MR) is 73.3 cm³/mol. The topological polar surface area (TPSA) is 75.5 Å². The standard InChI is InChI=1S/C12H18N4O3S/c1-4-6-16-7-5-11(12(16)17)15(3)20(18,19)10-8-13-14(2)9-10/h4,8-9,11H,1,5-7H2,2-3H3. The zero-order chi connectivity index (χ0) is 14.9. The molecule has 1 amide bonds. The number of rotatable bonds is 5. The van der Waals surface area contributed by atoms with Crippen molar-refractivity contribution >= 4 is 15.9 Å². The Hall–Kier alpha value is -1.67. The van der Waals surface area contributed by atoms with Crippen LogP contribution in [0.15, 0.2) is 29.9 Å². The first kappa shape index (κ1) is 14.7. The molecular formula is C12H18N4O3S. The van der Waals surface area contributed by atoms with Crippen molar-refractivity contribution < 1.29 is 13.2 Å². The molecule has 20 heavy (non-hydrogen) atoms. The van der Waals surface area contributed by atoms with Crippen LogP contribution in [0.4, 0.5) is 0 Å². The first-order valence-corrected chi connectivity index (χ1v) is 7.68. The quantitative estimate of drug-likeness (QED) is 0.707. The Labute approximate surface area is 118 Å². The highest BCUT2D eigenvalue weighted by molar-refractivity contribution is 7.89. The van der Waals surface area contributed by atoms with Crippen molar-refractivity contribution in [2.75, 3.05) is 20.1 Å². The molecule has 1 aromatic rings. The molecule has 0 aliphatic carbocycles. The summed E-state index contributed by atoms with van der Waals surface area (Å²) >= 11 is 0. The lowest BCUT2D eigenvalue weighted by molar-refractivity contribution is -0.130. The SMILES string of the molecule is C=CCN1CCC(N(C)S(=O)(=O)c2cnn(C)c2)C1=O. The van der Waals surface area contributed by atoms with E-state index in [-0.39, 0.29) is 10.8 Å².